The van der Waals surface area contributed by atoms with E-state index in [-0.39, 0.29) is 11.6 Å². The summed E-state index contributed by atoms with van der Waals surface area (Å²) in [7, 11) is 0. The summed E-state index contributed by atoms with van der Waals surface area (Å²) >= 11 is 0. The van der Waals surface area contributed by atoms with Gasteiger partial charge in [0.2, 0.25) is 0 Å². The van der Waals surface area contributed by atoms with Crippen molar-refractivity contribution in [3.05, 3.63) is 70.8 Å². The average Bonchev–Trinajstić information content (AvgIpc) is 2.74. The smallest absolute Gasteiger partial charge is 0.134 e. The summed E-state index contributed by atoms with van der Waals surface area (Å²) in [5.74, 6) is 1.40. The highest BCUT2D eigenvalue weighted by Gasteiger charge is 2.22. The Kier molecular flexibility index (Phi) is 5.94. The van der Waals surface area contributed by atoms with Gasteiger partial charge in [-0.2, -0.15) is 0 Å². The molecule has 0 bridgehead atoms. The SMILES string of the molecule is CCC1CCC(CCC2=CCc3c(ccc(-c4ccc(F)cc4)c3F)C2)CC1. The van der Waals surface area contributed by atoms with Gasteiger partial charge in [0.15, 0.2) is 0 Å². The molecule has 4 rings (SSSR count). The van der Waals surface area contributed by atoms with Crippen LogP contribution in [0, 0.1) is 23.5 Å². The molecule has 2 aromatic carbocycles. The largest absolute Gasteiger partial charge is 0.207 e. The fraction of sp³-hybridized carbons (Fsp3) is 0.462. The van der Waals surface area contributed by atoms with E-state index >= 15 is 4.39 Å². The number of halogens is 2. The van der Waals surface area contributed by atoms with Crippen molar-refractivity contribution in [1.29, 1.82) is 0 Å². The second-order valence-corrected chi connectivity index (χ2v) is 8.65. The van der Waals surface area contributed by atoms with Crippen molar-refractivity contribution in [3.8, 4) is 11.1 Å². The predicted octanol–water partition coefficient (Wildman–Crippen LogP) is 7.65. The van der Waals surface area contributed by atoms with Crippen molar-refractivity contribution in [2.75, 3.05) is 0 Å². The first kappa shape index (κ1) is 19.4. The highest BCUT2D eigenvalue weighted by molar-refractivity contribution is 5.66. The van der Waals surface area contributed by atoms with Crippen molar-refractivity contribution in [2.45, 2.75) is 64.7 Å². The van der Waals surface area contributed by atoms with Crippen molar-refractivity contribution in [2.24, 2.45) is 11.8 Å². The molecule has 2 aliphatic rings. The molecule has 0 heterocycles. The first-order chi connectivity index (χ1) is 13.6. The van der Waals surface area contributed by atoms with Gasteiger partial charge in [0.05, 0.1) is 0 Å². The third-order valence-electron chi connectivity index (χ3n) is 6.93. The molecule has 0 amide bonds. The molecule has 0 atom stereocenters. The molecule has 1 fully saturated rings. The molecule has 0 N–H and O–H groups in total. The molecule has 0 nitrogen and oxygen atoms in total. The third-order valence-corrected chi connectivity index (χ3v) is 6.93. The van der Waals surface area contributed by atoms with E-state index in [0.717, 1.165) is 41.4 Å². The van der Waals surface area contributed by atoms with Gasteiger partial charge in [-0.1, -0.05) is 74.9 Å². The van der Waals surface area contributed by atoms with Gasteiger partial charge in [0.1, 0.15) is 11.6 Å². The van der Waals surface area contributed by atoms with Crippen molar-refractivity contribution in [3.63, 3.8) is 0 Å². The number of benzene rings is 2. The maximum absolute atomic E-state index is 15.1. The van der Waals surface area contributed by atoms with Crippen LogP contribution in [0.5, 0.6) is 0 Å². The van der Waals surface area contributed by atoms with E-state index in [0.29, 0.717) is 12.0 Å². The monoisotopic (exact) mass is 380 g/mol. The normalized spacial score (nSPS) is 21.9. The second kappa shape index (κ2) is 8.59. The Balaban J connectivity index is 1.40. The first-order valence-electron chi connectivity index (χ1n) is 10.9. The van der Waals surface area contributed by atoms with E-state index in [4.69, 9.17) is 0 Å². The number of hydrogen-bond donors (Lipinski definition) is 0. The van der Waals surface area contributed by atoms with Crippen molar-refractivity contribution < 1.29 is 8.78 Å². The van der Waals surface area contributed by atoms with Gasteiger partial charge in [0.25, 0.3) is 0 Å². The Morgan fingerprint density at radius 1 is 0.893 bits per heavy atom. The van der Waals surface area contributed by atoms with Gasteiger partial charge in [-0.05, 0) is 66.3 Å². The maximum atomic E-state index is 15.1. The van der Waals surface area contributed by atoms with Crippen molar-refractivity contribution >= 4 is 0 Å². The van der Waals surface area contributed by atoms with Gasteiger partial charge >= 0.3 is 0 Å². The van der Waals surface area contributed by atoms with Crippen LogP contribution in [0.4, 0.5) is 8.78 Å². The molecular formula is C26H30F2. The Morgan fingerprint density at radius 2 is 1.61 bits per heavy atom. The van der Waals surface area contributed by atoms with Crippen LogP contribution in [0.25, 0.3) is 11.1 Å². The summed E-state index contributed by atoms with van der Waals surface area (Å²) in [5.41, 5.74) is 4.71. The third kappa shape index (κ3) is 4.21. The van der Waals surface area contributed by atoms with Crippen LogP contribution in [0.15, 0.2) is 48.0 Å². The zero-order valence-electron chi connectivity index (χ0n) is 16.8. The molecule has 0 unspecified atom stereocenters. The minimum Gasteiger partial charge on any atom is -0.207 e. The second-order valence-electron chi connectivity index (χ2n) is 8.65. The molecule has 148 valence electrons. The zero-order valence-corrected chi connectivity index (χ0v) is 16.8. The highest BCUT2D eigenvalue weighted by Crippen LogP contribution is 2.36. The number of fused-ring (bicyclic) bond motifs is 1. The van der Waals surface area contributed by atoms with Crippen LogP contribution in [-0.4, -0.2) is 0 Å². The number of hydrogen-bond acceptors (Lipinski definition) is 0. The molecule has 0 radical (unpaired) electrons. The van der Waals surface area contributed by atoms with Crippen LogP contribution in [0.3, 0.4) is 0 Å². The van der Waals surface area contributed by atoms with Gasteiger partial charge in [-0.15, -0.1) is 0 Å². The standard InChI is InChI=1S/C26H30F2/c1-2-18-3-5-19(6-4-18)7-8-20-9-15-25-22(17-20)12-16-24(26(25)28)21-10-13-23(27)14-11-21/h9-14,16,18-19H,2-8,15,17H2,1H3. The molecule has 0 aromatic heterocycles. The maximum Gasteiger partial charge on any atom is 0.134 e. The molecule has 28 heavy (non-hydrogen) atoms. The average molecular weight is 381 g/mol. The molecule has 1 saturated carbocycles. The van der Waals surface area contributed by atoms with Gasteiger partial charge in [-0.3, -0.25) is 0 Å². The summed E-state index contributed by atoms with van der Waals surface area (Å²) < 4.78 is 28.3. The van der Waals surface area contributed by atoms with Crippen LogP contribution in [0.1, 0.15) is 63.0 Å². The molecule has 2 heteroatoms. The van der Waals surface area contributed by atoms with E-state index in [1.807, 2.05) is 6.07 Å². The Morgan fingerprint density at radius 3 is 2.32 bits per heavy atom. The van der Waals surface area contributed by atoms with Crippen LogP contribution < -0.4 is 0 Å². The van der Waals surface area contributed by atoms with E-state index in [2.05, 4.69) is 19.1 Å². The highest BCUT2D eigenvalue weighted by atomic mass is 19.1. The van der Waals surface area contributed by atoms with Gasteiger partial charge in [-0.25, -0.2) is 8.78 Å². The van der Waals surface area contributed by atoms with E-state index in [1.54, 1.807) is 12.1 Å². The first-order valence-corrected chi connectivity index (χ1v) is 10.9. The van der Waals surface area contributed by atoms with Crippen LogP contribution in [0.2, 0.25) is 0 Å². The number of allylic oxidation sites excluding steroid dienone is 2. The molecule has 2 aliphatic carbocycles. The zero-order chi connectivity index (χ0) is 19.5. The molecule has 0 saturated heterocycles. The fourth-order valence-corrected chi connectivity index (χ4v) is 4.97. The van der Waals surface area contributed by atoms with E-state index < -0.39 is 0 Å². The Labute approximate surface area is 167 Å². The molecule has 0 spiro atoms. The minimum atomic E-state index is -0.294. The van der Waals surface area contributed by atoms with E-state index in [9.17, 15) is 4.39 Å². The van der Waals surface area contributed by atoms with Gasteiger partial charge in [0, 0.05) is 5.56 Å². The summed E-state index contributed by atoms with van der Waals surface area (Å²) in [6.45, 7) is 2.32. The lowest BCUT2D eigenvalue weighted by Gasteiger charge is -2.28. The number of rotatable bonds is 5. The van der Waals surface area contributed by atoms with E-state index in [1.165, 1.54) is 56.2 Å². The minimum absolute atomic E-state index is 0.141. The summed E-state index contributed by atoms with van der Waals surface area (Å²) in [5, 5.41) is 0. The summed E-state index contributed by atoms with van der Waals surface area (Å²) in [6, 6.07) is 10.0. The predicted molar refractivity (Wildman–Crippen MR) is 112 cm³/mol. The topological polar surface area (TPSA) is 0 Å². The summed E-state index contributed by atoms with van der Waals surface area (Å²) in [4.78, 5) is 0. The molecule has 2 aromatic rings. The van der Waals surface area contributed by atoms with Crippen LogP contribution >= 0.6 is 0 Å². The Hall–Kier alpha value is -1.96. The van der Waals surface area contributed by atoms with Crippen molar-refractivity contribution in [1.82, 2.24) is 0 Å². The lowest BCUT2D eigenvalue weighted by molar-refractivity contribution is 0.258. The molecule has 0 aliphatic heterocycles. The van der Waals surface area contributed by atoms with Crippen LogP contribution in [-0.2, 0) is 12.8 Å². The van der Waals surface area contributed by atoms with Gasteiger partial charge < -0.3 is 0 Å². The fourth-order valence-electron chi connectivity index (χ4n) is 4.97. The Bertz CT molecular complexity index is 839. The summed E-state index contributed by atoms with van der Waals surface area (Å²) in [6.07, 6.45) is 13.2. The quantitative estimate of drug-likeness (QED) is 0.467. The lowest BCUT2D eigenvalue weighted by Crippen LogP contribution is -2.14. The lowest BCUT2D eigenvalue weighted by atomic mass is 9.78. The molecular weight excluding hydrogens is 350 g/mol.